The van der Waals surface area contributed by atoms with Crippen molar-refractivity contribution in [1.82, 2.24) is 34.4 Å². The molecule has 0 unspecified atom stereocenters. The van der Waals surface area contributed by atoms with Gasteiger partial charge in [-0.05, 0) is 49.2 Å². The van der Waals surface area contributed by atoms with Crippen LogP contribution < -0.4 is 11.0 Å². The summed E-state index contributed by atoms with van der Waals surface area (Å²) in [5.41, 5.74) is 0.658. The molecule has 1 aliphatic carbocycles. The summed E-state index contributed by atoms with van der Waals surface area (Å²) in [7, 11) is 0. The first-order valence-corrected chi connectivity index (χ1v) is 12.9. The Kier molecular flexibility index (Phi) is 7.56. The van der Waals surface area contributed by atoms with Crippen LogP contribution in [0.15, 0.2) is 59.7 Å². The Morgan fingerprint density at radius 3 is 2.49 bits per heavy atom. The summed E-state index contributed by atoms with van der Waals surface area (Å²) in [5, 5.41) is 12.2. The van der Waals surface area contributed by atoms with E-state index in [4.69, 9.17) is 11.6 Å². The van der Waals surface area contributed by atoms with Crippen LogP contribution in [0, 0.1) is 0 Å². The molecule has 0 aliphatic heterocycles. The standard InChI is InChI=1S/C26H25ClF3N7O2/c27-18-11-9-17(10-12-18)23-34-36(25(39)35(23)14-13-26(28,29)30)15-22-31-16-37(33-22)21-8-4-3-7-20(21)24(38)32-19-5-1-2-6-19/h3-4,7-12,16,19H,1-2,5-6,13-15H2,(H,32,38). The predicted molar refractivity (Wildman–Crippen MR) is 138 cm³/mol. The summed E-state index contributed by atoms with van der Waals surface area (Å²) in [5.74, 6) is 0.0716. The zero-order chi connectivity index (χ0) is 27.6. The third-order valence-corrected chi connectivity index (χ3v) is 6.81. The van der Waals surface area contributed by atoms with Gasteiger partial charge in [0, 0.05) is 23.2 Å². The third-order valence-electron chi connectivity index (χ3n) is 6.56. The van der Waals surface area contributed by atoms with Crippen LogP contribution >= 0.6 is 11.6 Å². The van der Waals surface area contributed by atoms with Crippen LogP contribution in [0.3, 0.4) is 0 Å². The Balaban J connectivity index is 1.42. The van der Waals surface area contributed by atoms with Crippen molar-refractivity contribution in [1.29, 1.82) is 0 Å². The second-order valence-electron chi connectivity index (χ2n) is 9.36. The monoisotopic (exact) mass is 559 g/mol. The van der Waals surface area contributed by atoms with Crippen LogP contribution in [-0.4, -0.2) is 47.2 Å². The van der Waals surface area contributed by atoms with Gasteiger partial charge in [0.1, 0.15) is 12.9 Å². The minimum Gasteiger partial charge on any atom is -0.349 e. The number of carbonyl (C=O) groups is 1. The van der Waals surface area contributed by atoms with Crippen LogP contribution in [0.5, 0.6) is 0 Å². The Bertz CT molecular complexity index is 1520. The molecule has 2 aromatic carbocycles. The fraction of sp³-hybridized carbons (Fsp3) is 0.346. The lowest BCUT2D eigenvalue weighted by molar-refractivity contribution is -0.136. The second kappa shape index (κ2) is 11.0. The van der Waals surface area contributed by atoms with Gasteiger partial charge in [-0.1, -0.05) is 36.6 Å². The highest BCUT2D eigenvalue weighted by atomic mass is 35.5. The molecule has 0 atom stereocenters. The molecule has 0 saturated heterocycles. The van der Waals surface area contributed by atoms with Crippen LogP contribution in [0.25, 0.3) is 17.1 Å². The average molecular weight is 560 g/mol. The van der Waals surface area contributed by atoms with E-state index in [-0.39, 0.29) is 30.1 Å². The van der Waals surface area contributed by atoms with E-state index in [1.165, 1.54) is 11.0 Å². The van der Waals surface area contributed by atoms with Gasteiger partial charge in [0.05, 0.1) is 17.7 Å². The van der Waals surface area contributed by atoms with Gasteiger partial charge in [0.25, 0.3) is 5.91 Å². The highest BCUT2D eigenvalue weighted by Gasteiger charge is 2.29. The van der Waals surface area contributed by atoms with E-state index >= 15 is 0 Å². The SMILES string of the molecule is O=C(NC1CCCC1)c1ccccc1-n1cnc(Cn2nc(-c3ccc(Cl)cc3)n(CCC(F)(F)F)c2=O)n1. The van der Waals surface area contributed by atoms with Gasteiger partial charge >= 0.3 is 11.9 Å². The van der Waals surface area contributed by atoms with Gasteiger partial charge < -0.3 is 5.32 Å². The number of rotatable bonds is 8. The fourth-order valence-corrected chi connectivity index (χ4v) is 4.74. The van der Waals surface area contributed by atoms with E-state index in [1.54, 1.807) is 48.5 Å². The lowest BCUT2D eigenvalue weighted by atomic mass is 10.1. The number of alkyl halides is 3. The molecule has 0 spiro atoms. The summed E-state index contributed by atoms with van der Waals surface area (Å²) < 4.78 is 42.4. The number of halogens is 4. The maximum Gasteiger partial charge on any atom is 0.390 e. The molecular formula is C26H25ClF3N7O2. The van der Waals surface area contributed by atoms with E-state index in [2.05, 4.69) is 20.5 Å². The third kappa shape index (κ3) is 6.22. The molecule has 1 fully saturated rings. The number of benzene rings is 2. The van der Waals surface area contributed by atoms with Crippen molar-refractivity contribution in [3.05, 3.63) is 81.8 Å². The summed E-state index contributed by atoms with van der Waals surface area (Å²) in [6, 6.07) is 13.4. The summed E-state index contributed by atoms with van der Waals surface area (Å²) in [4.78, 5) is 30.3. The number of hydrogen-bond donors (Lipinski definition) is 1. The van der Waals surface area contributed by atoms with Crippen LogP contribution in [0.2, 0.25) is 5.02 Å². The van der Waals surface area contributed by atoms with E-state index in [9.17, 15) is 22.8 Å². The quantitative estimate of drug-likeness (QED) is 0.340. The van der Waals surface area contributed by atoms with Crippen LogP contribution in [0.4, 0.5) is 13.2 Å². The van der Waals surface area contributed by atoms with Crippen molar-refractivity contribution >= 4 is 17.5 Å². The van der Waals surface area contributed by atoms with E-state index < -0.39 is 24.8 Å². The first-order chi connectivity index (χ1) is 18.7. The zero-order valence-corrected chi connectivity index (χ0v) is 21.5. The second-order valence-corrected chi connectivity index (χ2v) is 9.80. The minimum atomic E-state index is -4.45. The molecule has 0 bridgehead atoms. The Labute approximate surface area is 226 Å². The van der Waals surface area contributed by atoms with E-state index in [1.807, 2.05) is 0 Å². The van der Waals surface area contributed by atoms with Gasteiger partial charge in [0.2, 0.25) is 0 Å². The predicted octanol–water partition coefficient (Wildman–Crippen LogP) is 4.62. The van der Waals surface area contributed by atoms with Gasteiger partial charge in [-0.2, -0.15) is 13.2 Å². The first kappa shape index (κ1) is 26.7. The molecule has 39 heavy (non-hydrogen) atoms. The maximum absolute atomic E-state index is 13.1. The molecule has 1 N–H and O–H groups in total. The molecule has 1 saturated carbocycles. The topological polar surface area (TPSA) is 99.6 Å². The number of para-hydroxylation sites is 1. The first-order valence-electron chi connectivity index (χ1n) is 12.5. The van der Waals surface area contributed by atoms with Crippen molar-refractivity contribution in [3.8, 4) is 17.1 Å². The van der Waals surface area contributed by atoms with Gasteiger partial charge in [-0.15, -0.1) is 10.2 Å². The number of nitrogens with one attached hydrogen (secondary N) is 1. The van der Waals surface area contributed by atoms with Crippen molar-refractivity contribution in [2.24, 2.45) is 0 Å². The Morgan fingerprint density at radius 2 is 1.77 bits per heavy atom. The van der Waals surface area contributed by atoms with Crippen LogP contribution in [-0.2, 0) is 13.1 Å². The molecule has 1 amide bonds. The molecule has 9 nitrogen and oxygen atoms in total. The maximum atomic E-state index is 13.1. The molecule has 2 heterocycles. The molecule has 1 aliphatic rings. The van der Waals surface area contributed by atoms with E-state index in [0.29, 0.717) is 21.8 Å². The molecule has 5 rings (SSSR count). The number of hydrogen-bond acceptors (Lipinski definition) is 5. The number of carbonyl (C=O) groups excluding carboxylic acids is 1. The molecule has 0 radical (unpaired) electrons. The average Bonchev–Trinajstić information content (AvgIpc) is 3.65. The minimum absolute atomic E-state index is 0.0780. The highest BCUT2D eigenvalue weighted by molar-refractivity contribution is 6.30. The van der Waals surface area contributed by atoms with Crippen molar-refractivity contribution in [2.45, 2.75) is 57.4 Å². The van der Waals surface area contributed by atoms with Gasteiger partial charge in [-0.3, -0.25) is 9.36 Å². The zero-order valence-electron chi connectivity index (χ0n) is 20.7. The summed E-state index contributed by atoms with van der Waals surface area (Å²) in [6.45, 7) is -0.770. The Morgan fingerprint density at radius 1 is 1.05 bits per heavy atom. The smallest absolute Gasteiger partial charge is 0.349 e. The molecule has 2 aromatic heterocycles. The molecule has 204 valence electrons. The van der Waals surface area contributed by atoms with Gasteiger partial charge in [-0.25, -0.2) is 19.1 Å². The summed E-state index contributed by atoms with van der Waals surface area (Å²) >= 11 is 5.94. The Hall–Kier alpha value is -3.93. The highest BCUT2D eigenvalue weighted by Crippen LogP contribution is 2.24. The molecule has 13 heteroatoms. The molecular weight excluding hydrogens is 535 g/mol. The number of amides is 1. The summed E-state index contributed by atoms with van der Waals surface area (Å²) in [6.07, 6.45) is -0.146. The van der Waals surface area contributed by atoms with Crippen molar-refractivity contribution < 1.29 is 18.0 Å². The number of nitrogens with zero attached hydrogens (tertiary/aromatic N) is 6. The van der Waals surface area contributed by atoms with E-state index in [0.717, 1.165) is 34.9 Å². The normalized spacial score (nSPS) is 14.2. The van der Waals surface area contributed by atoms with Crippen molar-refractivity contribution in [3.63, 3.8) is 0 Å². The fourth-order valence-electron chi connectivity index (χ4n) is 4.62. The lowest BCUT2D eigenvalue weighted by Crippen LogP contribution is -2.33. The largest absolute Gasteiger partial charge is 0.390 e. The van der Waals surface area contributed by atoms with Gasteiger partial charge in [0.15, 0.2) is 11.6 Å². The number of aromatic nitrogens is 6. The lowest BCUT2D eigenvalue weighted by Gasteiger charge is -2.14. The molecule has 4 aromatic rings. The van der Waals surface area contributed by atoms with Crippen LogP contribution in [0.1, 0.15) is 48.3 Å². The van der Waals surface area contributed by atoms with Crippen molar-refractivity contribution in [2.75, 3.05) is 0 Å².